The number of benzene rings is 2. The van der Waals surface area contributed by atoms with Crippen molar-refractivity contribution in [1.29, 1.82) is 0 Å². The Morgan fingerprint density at radius 3 is 2.47 bits per heavy atom. The monoisotopic (exact) mass is 444 g/mol. The van der Waals surface area contributed by atoms with Crippen LogP contribution in [0.2, 0.25) is 0 Å². The van der Waals surface area contributed by atoms with Crippen molar-refractivity contribution in [2.24, 2.45) is 0 Å². The Balaban J connectivity index is 1.54. The highest BCUT2D eigenvalue weighted by Gasteiger charge is 2.22. The van der Waals surface area contributed by atoms with Crippen LogP contribution in [0.25, 0.3) is 26.9 Å². The van der Waals surface area contributed by atoms with Crippen LogP contribution in [0.1, 0.15) is 19.4 Å². The van der Waals surface area contributed by atoms with Crippen LogP contribution in [0.3, 0.4) is 0 Å². The van der Waals surface area contributed by atoms with E-state index < -0.39 is 7.60 Å². The molecule has 0 aliphatic rings. The maximum atomic E-state index is 12.4. The Bertz CT molecular complexity index is 1020. The van der Waals surface area contributed by atoms with E-state index >= 15 is 0 Å². The lowest BCUT2D eigenvalue weighted by atomic mass is 10.1. The summed E-state index contributed by atoms with van der Waals surface area (Å²) < 4.78 is 23.9. The van der Waals surface area contributed by atoms with Crippen LogP contribution < -0.4 is 5.32 Å². The summed E-state index contributed by atoms with van der Waals surface area (Å²) in [6.45, 7) is 4.34. The average Bonchev–Trinajstić information content (AvgIpc) is 3.17. The van der Waals surface area contributed by atoms with E-state index in [0.717, 1.165) is 26.4 Å². The Morgan fingerprint density at radius 1 is 1.10 bits per heavy atom. The van der Waals surface area contributed by atoms with E-state index in [1.54, 1.807) is 31.3 Å². The van der Waals surface area contributed by atoms with Crippen LogP contribution in [-0.4, -0.2) is 36.8 Å². The van der Waals surface area contributed by atoms with Gasteiger partial charge in [-0.2, -0.15) is 0 Å². The zero-order chi connectivity index (χ0) is 21.4. The zero-order valence-corrected chi connectivity index (χ0v) is 18.7. The number of amides is 1. The predicted octanol–water partition coefficient (Wildman–Crippen LogP) is 5.36. The SMILES string of the molecule is CCOP(=O)(CCNC(=O)/C=C/c1ccc(-c2nc3ccccc3s2)cc1)OCC. The molecule has 2 aromatic carbocycles. The third kappa shape index (κ3) is 6.09. The number of aromatic nitrogens is 1. The fraction of sp³-hybridized carbons (Fsp3) is 0.273. The van der Waals surface area contributed by atoms with Crippen molar-refractivity contribution in [3.8, 4) is 10.6 Å². The molecule has 0 saturated heterocycles. The Morgan fingerprint density at radius 2 is 1.80 bits per heavy atom. The normalized spacial score (nSPS) is 11.9. The zero-order valence-electron chi connectivity index (χ0n) is 17.0. The molecular formula is C22H25N2O4PS. The van der Waals surface area contributed by atoms with Crippen molar-refractivity contribution in [2.45, 2.75) is 13.8 Å². The maximum absolute atomic E-state index is 12.4. The first-order chi connectivity index (χ1) is 14.5. The summed E-state index contributed by atoms with van der Waals surface area (Å²) in [6, 6.07) is 16.0. The fourth-order valence-electron chi connectivity index (χ4n) is 2.84. The largest absolute Gasteiger partial charge is 0.352 e. The van der Waals surface area contributed by atoms with Crippen LogP contribution in [-0.2, 0) is 18.4 Å². The second-order valence-electron chi connectivity index (χ2n) is 6.40. The van der Waals surface area contributed by atoms with E-state index in [-0.39, 0.29) is 18.6 Å². The van der Waals surface area contributed by atoms with Crippen molar-refractivity contribution in [3.05, 3.63) is 60.2 Å². The van der Waals surface area contributed by atoms with Gasteiger partial charge in [-0.15, -0.1) is 11.3 Å². The molecule has 0 spiro atoms. The number of carbonyl (C=O) groups is 1. The number of hydrogen-bond acceptors (Lipinski definition) is 6. The number of fused-ring (bicyclic) bond motifs is 1. The molecular weight excluding hydrogens is 419 g/mol. The third-order valence-corrected chi connectivity index (χ3v) is 7.38. The first-order valence-electron chi connectivity index (χ1n) is 9.83. The molecule has 3 aromatic rings. The summed E-state index contributed by atoms with van der Waals surface area (Å²) in [6.07, 6.45) is 3.34. The molecule has 8 heteroatoms. The highest BCUT2D eigenvalue weighted by Crippen LogP contribution is 2.47. The molecule has 1 N–H and O–H groups in total. The number of thiazole rings is 1. The van der Waals surface area contributed by atoms with Crippen molar-refractivity contribution >= 4 is 41.1 Å². The fourth-order valence-corrected chi connectivity index (χ4v) is 5.32. The minimum absolute atomic E-state index is 0.144. The summed E-state index contributed by atoms with van der Waals surface area (Å²) >= 11 is 1.66. The molecule has 1 heterocycles. The first-order valence-corrected chi connectivity index (χ1v) is 12.4. The maximum Gasteiger partial charge on any atom is 0.332 e. The minimum Gasteiger partial charge on any atom is -0.352 e. The van der Waals surface area contributed by atoms with Crippen LogP contribution in [0, 0.1) is 0 Å². The van der Waals surface area contributed by atoms with Crippen molar-refractivity contribution in [2.75, 3.05) is 25.9 Å². The van der Waals surface area contributed by atoms with Crippen LogP contribution in [0.5, 0.6) is 0 Å². The number of hydrogen-bond donors (Lipinski definition) is 1. The molecule has 0 unspecified atom stereocenters. The van der Waals surface area contributed by atoms with E-state index in [2.05, 4.69) is 16.4 Å². The van der Waals surface area contributed by atoms with E-state index in [9.17, 15) is 9.36 Å². The smallest absolute Gasteiger partial charge is 0.332 e. The van der Waals surface area contributed by atoms with E-state index in [1.165, 1.54) is 6.08 Å². The number of carbonyl (C=O) groups excluding carboxylic acids is 1. The van der Waals surface area contributed by atoms with E-state index in [4.69, 9.17) is 9.05 Å². The molecule has 3 rings (SSSR count). The Hall–Kier alpha value is -2.31. The third-order valence-electron chi connectivity index (χ3n) is 4.22. The number of para-hydroxylation sites is 1. The second kappa shape index (κ2) is 10.6. The van der Waals surface area contributed by atoms with Gasteiger partial charge in [-0.05, 0) is 37.6 Å². The summed E-state index contributed by atoms with van der Waals surface area (Å²) in [5.41, 5.74) is 2.95. The van der Waals surface area contributed by atoms with Gasteiger partial charge in [0.25, 0.3) is 0 Å². The predicted molar refractivity (Wildman–Crippen MR) is 123 cm³/mol. The molecule has 1 amide bonds. The van der Waals surface area contributed by atoms with Crippen LogP contribution in [0.4, 0.5) is 0 Å². The van der Waals surface area contributed by atoms with E-state index in [1.807, 2.05) is 42.5 Å². The lowest BCUT2D eigenvalue weighted by Gasteiger charge is -2.16. The molecule has 0 atom stereocenters. The highest BCUT2D eigenvalue weighted by atomic mass is 32.1. The van der Waals surface area contributed by atoms with E-state index in [0.29, 0.717) is 13.2 Å². The molecule has 0 saturated carbocycles. The molecule has 0 aliphatic heterocycles. The molecule has 158 valence electrons. The van der Waals surface area contributed by atoms with Crippen molar-refractivity contribution in [1.82, 2.24) is 10.3 Å². The van der Waals surface area contributed by atoms with Gasteiger partial charge in [0, 0.05) is 18.2 Å². The first kappa shape index (κ1) is 22.4. The molecule has 0 aliphatic carbocycles. The number of nitrogens with one attached hydrogen (secondary N) is 1. The van der Waals surface area contributed by atoms with Crippen molar-refractivity contribution in [3.63, 3.8) is 0 Å². The molecule has 30 heavy (non-hydrogen) atoms. The van der Waals surface area contributed by atoms with Crippen LogP contribution >= 0.6 is 18.9 Å². The molecule has 0 radical (unpaired) electrons. The average molecular weight is 444 g/mol. The van der Waals surface area contributed by atoms with Crippen LogP contribution in [0.15, 0.2) is 54.6 Å². The van der Waals surface area contributed by atoms with Gasteiger partial charge in [-0.1, -0.05) is 36.4 Å². The van der Waals surface area contributed by atoms with Gasteiger partial charge >= 0.3 is 7.60 Å². The lowest BCUT2D eigenvalue weighted by Crippen LogP contribution is -2.25. The Labute approximate surface area is 180 Å². The van der Waals surface area contributed by atoms with Gasteiger partial charge in [0.1, 0.15) is 5.01 Å². The van der Waals surface area contributed by atoms with Gasteiger partial charge in [0.2, 0.25) is 5.91 Å². The minimum atomic E-state index is -3.14. The number of rotatable bonds is 10. The topological polar surface area (TPSA) is 77.5 Å². The van der Waals surface area contributed by atoms with Crippen molar-refractivity contribution < 1.29 is 18.4 Å². The summed E-state index contributed by atoms with van der Waals surface area (Å²) in [4.78, 5) is 16.7. The Kier molecular flexibility index (Phi) is 7.94. The summed E-state index contributed by atoms with van der Waals surface area (Å²) in [5.74, 6) is -0.259. The quantitative estimate of drug-likeness (QED) is 0.337. The standard InChI is InChI=1S/C22H25N2O4PS/c1-3-27-29(26,28-4-2)16-15-23-21(25)14-11-17-9-12-18(13-10-17)22-24-19-7-5-6-8-20(19)30-22/h5-14H,3-4,15-16H2,1-2H3,(H,23,25)/b14-11+. The molecule has 0 bridgehead atoms. The number of nitrogens with zero attached hydrogens (tertiary/aromatic N) is 1. The summed E-state index contributed by atoms with van der Waals surface area (Å²) in [7, 11) is -3.14. The summed E-state index contributed by atoms with van der Waals surface area (Å²) in [5, 5.41) is 3.68. The van der Waals surface area contributed by atoms with Gasteiger partial charge in [0.05, 0.1) is 29.6 Å². The highest BCUT2D eigenvalue weighted by molar-refractivity contribution is 7.53. The van der Waals surface area contributed by atoms with Gasteiger partial charge < -0.3 is 14.4 Å². The van der Waals surface area contributed by atoms with Gasteiger partial charge in [-0.25, -0.2) is 4.98 Å². The van der Waals surface area contributed by atoms with Gasteiger partial charge in [0.15, 0.2) is 0 Å². The molecule has 1 aromatic heterocycles. The molecule has 0 fully saturated rings. The second-order valence-corrected chi connectivity index (χ2v) is 9.62. The molecule has 6 nitrogen and oxygen atoms in total. The van der Waals surface area contributed by atoms with Gasteiger partial charge in [-0.3, -0.25) is 9.36 Å². The lowest BCUT2D eigenvalue weighted by molar-refractivity contribution is -0.116.